The summed E-state index contributed by atoms with van der Waals surface area (Å²) in [5.74, 6) is -0.0530. The van der Waals surface area contributed by atoms with Crippen LogP contribution in [0.25, 0.3) is 0 Å². The molecule has 4 nitrogen and oxygen atoms in total. The van der Waals surface area contributed by atoms with Gasteiger partial charge in [0.05, 0.1) is 12.6 Å². The number of nitrogens with zero attached hydrogens (tertiary/aromatic N) is 1. The van der Waals surface area contributed by atoms with E-state index in [1.807, 2.05) is 24.3 Å². The van der Waals surface area contributed by atoms with Crippen LogP contribution in [0.1, 0.15) is 25.0 Å². The predicted molar refractivity (Wildman–Crippen MR) is 114 cm³/mol. The van der Waals surface area contributed by atoms with Crippen LogP contribution in [-0.2, 0) is 16.1 Å². The molecule has 0 aliphatic rings. The lowest BCUT2D eigenvalue weighted by Gasteiger charge is -2.40. The second-order valence-corrected chi connectivity index (χ2v) is 8.49. The summed E-state index contributed by atoms with van der Waals surface area (Å²) in [6, 6.07) is 15.6. The van der Waals surface area contributed by atoms with Crippen LogP contribution in [0.5, 0.6) is 5.75 Å². The molecule has 0 heterocycles. The Labute approximate surface area is 179 Å². The van der Waals surface area contributed by atoms with Crippen LogP contribution in [-0.4, -0.2) is 42.4 Å². The summed E-state index contributed by atoms with van der Waals surface area (Å²) in [6.07, 6.45) is -4.97. The smallest absolute Gasteiger partial charge is 0.471 e. The molecule has 0 saturated carbocycles. The molecule has 1 atom stereocenters. The molecule has 0 fully saturated rings. The lowest BCUT2D eigenvalue weighted by molar-refractivity contribution is -0.191. The number of rotatable bonds is 9. The van der Waals surface area contributed by atoms with Crippen molar-refractivity contribution in [3.8, 4) is 5.75 Å². The van der Waals surface area contributed by atoms with Gasteiger partial charge >= 0.3 is 12.1 Å². The first-order valence-corrected chi connectivity index (χ1v) is 10.6. The summed E-state index contributed by atoms with van der Waals surface area (Å²) in [6.45, 7) is 3.00. The van der Waals surface area contributed by atoms with Gasteiger partial charge < -0.3 is 15.4 Å². The normalized spacial score (nSPS) is 13.0. The zero-order valence-corrected chi connectivity index (χ0v) is 18.1. The van der Waals surface area contributed by atoms with Crippen molar-refractivity contribution in [2.24, 2.45) is 5.73 Å². The van der Waals surface area contributed by atoms with E-state index >= 15 is 0 Å². The first-order chi connectivity index (χ1) is 14.1. The number of alkyl halides is 3. The van der Waals surface area contributed by atoms with Gasteiger partial charge in [0.1, 0.15) is 5.75 Å². The summed E-state index contributed by atoms with van der Waals surface area (Å²) in [5.41, 5.74) is 6.65. The molecule has 0 unspecified atom stereocenters. The first-order valence-electron chi connectivity index (χ1n) is 9.46. The molecule has 0 saturated heterocycles. The van der Waals surface area contributed by atoms with Gasteiger partial charge in [-0.2, -0.15) is 24.9 Å². The van der Waals surface area contributed by atoms with Crippen LogP contribution in [0.3, 0.4) is 0 Å². The van der Waals surface area contributed by atoms with Crippen molar-refractivity contribution in [3.63, 3.8) is 0 Å². The van der Waals surface area contributed by atoms with Crippen molar-refractivity contribution in [1.29, 1.82) is 0 Å². The summed E-state index contributed by atoms with van der Waals surface area (Å²) < 4.78 is 45.0. The van der Waals surface area contributed by atoms with Gasteiger partial charge in [0.15, 0.2) is 0 Å². The van der Waals surface area contributed by atoms with Crippen LogP contribution in [0.2, 0.25) is 0 Å². The van der Waals surface area contributed by atoms with Gasteiger partial charge in [0.2, 0.25) is 0 Å². The molecule has 1 amide bonds. The fourth-order valence-electron chi connectivity index (χ4n) is 3.06. The maximum absolute atomic E-state index is 13.3. The number of nitrogens with two attached hydrogens (primary N) is 1. The molecule has 0 aliphatic heterocycles. The Morgan fingerprint density at radius 1 is 1.10 bits per heavy atom. The quantitative estimate of drug-likeness (QED) is 0.620. The van der Waals surface area contributed by atoms with Crippen LogP contribution < -0.4 is 10.5 Å². The highest BCUT2D eigenvalue weighted by atomic mass is 32.2. The van der Waals surface area contributed by atoms with Crippen LogP contribution in [0.4, 0.5) is 13.2 Å². The van der Waals surface area contributed by atoms with E-state index < -0.39 is 23.7 Å². The van der Waals surface area contributed by atoms with E-state index in [2.05, 4.69) is 0 Å². The summed E-state index contributed by atoms with van der Waals surface area (Å²) in [7, 11) is 1.59. The molecule has 30 heavy (non-hydrogen) atoms. The number of ether oxygens (including phenoxy) is 1. The van der Waals surface area contributed by atoms with E-state index in [0.717, 1.165) is 16.2 Å². The number of halogens is 3. The lowest BCUT2D eigenvalue weighted by atomic mass is 9.91. The Morgan fingerprint density at radius 2 is 1.70 bits per heavy atom. The third kappa shape index (κ3) is 6.40. The van der Waals surface area contributed by atoms with Gasteiger partial charge in [-0.25, -0.2) is 0 Å². The highest BCUT2D eigenvalue weighted by Crippen LogP contribution is 2.32. The molecule has 0 aliphatic carbocycles. The Bertz CT molecular complexity index is 811. The molecule has 2 aromatic rings. The standard InChI is InChI=1S/C22H27F3N2O2S/c1-21(2,17-7-5-4-6-8-17)27(20(28)22(23,24)25)13-18(26)15-30-14-16-9-11-19(29-3)12-10-16/h4-12,18H,13-15,26H2,1-3H3/t18-/m1/s1. The van der Waals surface area contributed by atoms with E-state index in [-0.39, 0.29) is 6.54 Å². The third-order valence-electron chi connectivity index (χ3n) is 4.82. The molecule has 2 N–H and O–H groups in total. The average Bonchev–Trinajstić information content (AvgIpc) is 2.72. The van der Waals surface area contributed by atoms with Crippen molar-refractivity contribution in [2.75, 3.05) is 19.4 Å². The second-order valence-electron chi connectivity index (χ2n) is 7.46. The Kier molecular flexibility index (Phi) is 8.20. The van der Waals surface area contributed by atoms with E-state index in [1.165, 1.54) is 11.8 Å². The number of carbonyl (C=O) groups excluding carboxylic acids is 1. The van der Waals surface area contributed by atoms with Gasteiger partial charge in [-0.05, 0) is 37.1 Å². The van der Waals surface area contributed by atoms with Crippen molar-refractivity contribution in [3.05, 3.63) is 65.7 Å². The summed E-state index contributed by atoms with van der Waals surface area (Å²) in [5, 5.41) is 0. The fraction of sp³-hybridized carbons (Fsp3) is 0.409. The highest BCUT2D eigenvalue weighted by Gasteiger charge is 2.47. The fourth-order valence-corrected chi connectivity index (χ4v) is 4.01. The minimum atomic E-state index is -4.97. The largest absolute Gasteiger partial charge is 0.497 e. The predicted octanol–water partition coefficient (Wildman–Crippen LogP) is 4.58. The van der Waals surface area contributed by atoms with Crippen LogP contribution in [0.15, 0.2) is 54.6 Å². The second kappa shape index (κ2) is 10.2. The highest BCUT2D eigenvalue weighted by molar-refractivity contribution is 7.98. The molecule has 8 heteroatoms. The summed E-state index contributed by atoms with van der Waals surface area (Å²) in [4.78, 5) is 13.0. The number of benzene rings is 2. The molecule has 0 aromatic heterocycles. The molecular weight excluding hydrogens is 413 g/mol. The average molecular weight is 441 g/mol. The van der Waals surface area contributed by atoms with E-state index in [9.17, 15) is 18.0 Å². The van der Waals surface area contributed by atoms with E-state index in [1.54, 1.807) is 51.3 Å². The zero-order chi connectivity index (χ0) is 22.4. The SMILES string of the molecule is COc1ccc(CSC[C@H](N)CN(C(=O)C(F)(F)F)C(C)(C)c2ccccc2)cc1. The van der Waals surface area contributed by atoms with E-state index in [4.69, 9.17) is 10.5 Å². The van der Waals surface area contributed by atoms with Gasteiger partial charge in [0, 0.05) is 24.1 Å². The Morgan fingerprint density at radius 3 is 2.23 bits per heavy atom. The molecule has 0 radical (unpaired) electrons. The maximum atomic E-state index is 13.3. The molecule has 0 spiro atoms. The number of carbonyl (C=O) groups is 1. The van der Waals surface area contributed by atoms with Gasteiger partial charge in [-0.1, -0.05) is 42.5 Å². The van der Waals surface area contributed by atoms with Crippen LogP contribution in [0, 0.1) is 0 Å². The number of thioether (sulfide) groups is 1. The van der Waals surface area contributed by atoms with Crippen molar-refractivity contribution in [2.45, 2.75) is 37.4 Å². The van der Waals surface area contributed by atoms with Crippen molar-refractivity contribution >= 4 is 17.7 Å². The molecule has 2 rings (SSSR count). The number of methoxy groups -OCH3 is 1. The van der Waals surface area contributed by atoms with Crippen LogP contribution >= 0.6 is 11.8 Å². The maximum Gasteiger partial charge on any atom is 0.471 e. The number of hydrogen-bond acceptors (Lipinski definition) is 4. The first kappa shape index (κ1) is 24.1. The van der Waals surface area contributed by atoms with Gasteiger partial charge in [-0.3, -0.25) is 4.79 Å². The molecule has 2 aromatic carbocycles. The van der Waals surface area contributed by atoms with E-state index in [0.29, 0.717) is 17.1 Å². The minimum absolute atomic E-state index is 0.199. The lowest BCUT2D eigenvalue weighted by Crippen LogP contribution is -2.55. The topological polar surface area (TPSA) is 55.6 Å². The zero-order valence-electron chi connectivity index (χ0n) is 17.3. The number of amides is 1. The minimum Gasteiger partial charge on any atom is -0.497 e. The Hall–Kier alpha value is -2.19. The van der Waals surface area contributed by atoms with Crippen molar-refractivity contribution in [1.82, 2.24) is 4.90 Å². The summed E-state index contributed by atoms with van der Waals surface area (Å²) >= 11 is 1.51. The third-order valence-corrected chi connectivity index (χ3v) is 6.02. The Balaban J connectivity index is 2.06. The monoisotopic (exact) mass is 440 g/mol. The van der Waals surface area contributed by atoms with Gasteiger partial charge in [-0.15, -0.1) is 0 Å². The molecule has 164 valence electrons. The van der Waals surface area contributed by atoms with Gasteiger partial charge in [0.25, 0.3) is 0 Å². The molecular formula is C22H27F3N2O2S. The number of hydrogen-bond donors (Lipinski definition) is 1. The van der Waals surface area contributed by atoms with Crippen molar-refractivity contribution < 1.29 is 22.7 Å². The molecule has 0 bridgehead atoms.